The van der Waals surface area contributed by atoms with E-state index in [1.807, 2.05) is 4.72 Å². The third-order valence-corrected chi connectivity index (χ3v) is 5.54. The predicted octanol–water partition coefficient (Wildman–Crippen LogP) is 2.60. The fourth-order valence-electron chi connectivity index (χ4n) is 2.14. The molecule has 0 aliphatic heterocycles. The maximum absolute atomic E-state index is 13.6. The minimum atomic E-state index is -3.93. The number of sulfonamides is 1. The molecule has 6 nitrogen and oxygen atoms in total. The first-order chi connectivity index (χ1) is 12.2. The number of amides is 2. The molecule has 0 aromatic heterocycles. The van der Waals surface area contributed by atoms with Crippen molar-refractivity contribution in [1.29, 1.82) is 0 Å². The average Bonchev–Trinajstić information content (AvgIpc) is 2.56. The molecule has 0 fully saturated rings. The van der Waals surface area contributed by atoms with E-state index in [4.69, 9.17) is 0 Å². The van der Waals surface area contributed by atoms with Crippen molar-refractivity contribution in [2.45, 2.75) is 23.1 Å². The van der Waals surface area contributed by atoms with Crippen LogP contribution in [0.5, 0.6) is 0 Å². The Morgan fingerprint density at radius 3 is 2.31 bits per heavy atom. The van der Waals surface area contributed by atoms with Crippen LogP contribution in [0.1, 0.15) is 12.5 Å². The summed E-state index contributed by atoms with van der Waals surface area (Å²) in [5.41, 5.74) is 0.774. The number of hydrogen-bond donors (Lipinski definition) is 2. The van der Waals surface area contributed by atoms with E-state index in [0.29, 0.717) is 11.3 Å². The van der Waals surface area contributed by atoms with Gasteiger partial charge in [-0.05, 0) is 42.3 Å². The van der Waals surface area contributed by atoms with Crippen LogP contribution in [-0.4, -0.2) is 25.1 Å². The van der Waals surface area contributed by atoms with Gasteiger partial charge in [-0.1, -0.05) is 34.1 Å². The maximum atomic E-state index is 13.6. The van der Waals surface area contributed by atoms with Crippen molar-refractivity contribution >= 4 is 43.5 Å². The number of alkyl halides is 1. The molecule has 9 heteroatoms. The number of carbonyl (C=O) groups excluding carboxylic acids is 2. The van der Waals surface area contributed by atoms with Crippen LogP contribution in [0.25, 0.3) is 0 Å². The largest absolute Gasteiger partial charge is 0.325 e. The van der Waals surface area contributed by atoms with Crippen LogP contribution in [0.2, 0.25) is 0 Å². The van der Waals surface area contributed by atoms with Gasteiger partial charge in [0.1, 0.15) is 5.82 Å². The summed E-state index contributed by atoms with van der Waals surface area (Å²) in [6.45, 7) is 1.10. The molecule has 2 N–H and O–H groups in total. The lowest BCUT2D eigenvalue weighted by Crippen LogP contribution is -2.28. The standard InChI is InChI=1S/C17H16BrFN2O4S/c1-11(22)21-26(24,25)14-8-6-13(7-9-14)20-17(23)15(18)10-12-4-2-3-5-16(12)19/h2-9,15H,10H2,1H3,(H,20,23)(H,21,22). The zero-order valence-electron chi connectivity index (χ0n) is 13.7. The molecular formula is C17H16BrFN2O4S. The van der Waals surface area contributed by atoms with Crippen molar-refractivity contribution in [2.75, 3.05) is 5.32 Å². The number of carbonyl (C=O) groups is 2. The highest BCUT2D eigenvalue weighted by Gasteiger charge is 2.19. The van der Waals surface area contributed by atoms with Gasteiger partial charge in [-0.2, -0.15) is 0 Å². The van der Waals surface area contributed by atoms with E-state index in [9.17, 15) is 22.4 Å². The van der Waals surface area contributed by atoms with Crippen LogP contribution >= 0.6 is 15.9 Å². The molecule has 26 heavy (non-hydrogen) atoms. The Labute approximate surface area is 159 Å². The van der Waals surface area contributed by atoms with Gasteiger partial charge in [0.2, 0.25) is 11.8 Å². The number of benzene rings is 2. The summed E-state index contributed by atoms with van der Waals surface area (Å²) >= 11 is 3.22. The van der Waals surface area contributed by atoms with Gasteiger partial charge in [-0.3, -0.25) is 9.59 Å². The van der Waals surface area contributed by atoms with Crippen molar-refractivity contribution in [2.24, 2.45) is 0 Å². The first-order valence-corrected chi connectivity index (χ1v) is 9.91. The van der Waals surface area contributed by atoms with Crippen LogP contribution in [-0.2, 0) is 26.0 Å². The van der Waals surface area contributed by atoms with Crippen molar-refractivity contribution in [3.63, 3.8) is 0 Å². The predicted molar refractivity (Wildman–Crippen MR) is 98.9 cm³/mol. The molecule has 0 aliphatic rings. The van der Waals surface area contributed by atoms with Crippen molar-refractivity contribution in [1.82, 2.24) is 4.72 Å². The second kappa shape index (κ2) is 8.41. The van der Waals surface area contributed by atoms with Gasteiger partial charge >= 0.3 is 0 Å². The first kappa shape index (κ1) is 20.1. The molecular weight excluding hydrogens is 427 g/mol. The molecule has 0 radical (unpaired) electrons. The number of anilines is 1. The molecule has 1 atom stereocenters. The van der Waals surface area contributed by atoms with Crippen LogP contribution < -0.4 is 10.0 Å². The van der Waals surface area contributed by atoms with E-state index < -0.39 is 32.5 Å². The van der Waals surface area contributed by atoms with E-state index in [1.54, 1.807) is 18.2 Å². The average molecular weight is 443 g/mol. The Kier molecular flexibility index (Phi) is 6.49. The summed E-state index contributed by atoms with van der Waals surface area (Å²) in [6.07, 6.45) is 0.160. The van der Waals surface area contributed by atoms with Gasteiger partial charge < -0.3 is 5.32 Å². The van der Waals surface area contributed by atoms with Crippen LogP contribution in [0.15, 0.2) is 53.4 Å². The SMILES string of the molecule is CC(=O)NS(=O)(=O)c1ccc(NC(=O)C(Br)Cc2ccccc2F)cc1. The quantitative estimate of drug-likeness (QED) is 0.672. The fraction of sp³-hybridized carbons (Fsp3) is 0.176. The molecule has 1 unspecified atom stereocenters. The molecule has 0 saturated carbocycles. The van der Waals surface area contributed by atoms with E-state index in [2.05, 4.69) is 21.2 Å². The summed E-state index contributed by atoms with van der Waals surface area (Å²) in [4.78, 5) is 22.3. The van der Waals surface area contributed by atoms with Crippen molar-refractivity contribution in [3.8, 4) is 0 Å². The summed E-state index contributed by atoms with van der Waals surface area (Å²) in [5, 5.41) is 2.61. The molecule has 0 bridgehead atoms. The van der Waals surface area contributed by atoms with E-state index in [1.165, 1.54) is 30.3 Å². The number of nitrogens with one attached hydrogen (secondary N) is 2. The van der Waals surface area contributed by atoms with Gasteiger partial charge in [0.25, 0.3) is 10.0 Å². The second-order valence-electron chi connectivity index (χ2n) is 5.44. The molecule has 2 rings (SSSR count). The summed E-state index contributed by atoms with van der Waals surface area (Å²) < 4.78 is 39.2. The summed E-state index contributed by atoms with van der Waals surface area (Å²) in [7, 11) is -3.93. The minimum Gasteiger partial charge on any atom is -0.325 e. The molecule has 2 amide bonds. The van der Waals surface area contributed by atoms with E-state index >= 15 is 0 Å². The number of rotatable bonds is 6. The lowest BCUT2D eigenvalue weighted by molar-refractivity contribution is -0.117. The lowest BCUT2D eigenvalue weighted by atomic mass is 10.1. The van der Waals surface area contributed by atoms with Gasteiger partial charge in [0.05, 0.1) is 9.72 Å². The normalized spacial score (nSPS) is 12.3. The second-order valence-corrected chi connectivity index (χ2v) is 8.23. The van der Waals surface area contributed by atoms with Gasteiger partial charge in [0.15, 0.2) is 0 Å². The highest BCUT2D eigenvalue weighted by molar-refractivity contribution is 9.10. The monoisotopic (exact) mass is 442 g/mol. The molecule has 0 spiro atoms. The topological polar surface area (TPSA) is 92.3 Å². The Balaban J connectivity index is 2.03. The zero-order chi connectivity index (χ0) is 19.3. The highest BCUT2D eigenvalue weighted by Crippen LogP contribution is 2.18. The zero-order valence-corrected chi connectivity index (χ0v) is 16.1. The molecule has 0 saturated heterocycles. The third-order valence-electron chi connectivity index (χ3n) is 3.35. The summed E-state index contributed by atoms with van der Waals surface area (Å²) in [6, 6.07) is 11.5. The minimum absolute atomic E-state index is 0.104. The molecule has 138 valence electrons. The fourth-order valence-corrected chi connectivity index (χ4v) is 3.59. The molecule has 2 aromatic rings. The van der Waals surface area contributed by atoms with Crippen LogP contribution in [0, 0.1) is 5.82 Å². The first-order valence-electron chi connectivity index (χ1n) is 7.51. The molecule has 2 aromatic carbocycles. The van der Waals surface area contributed by atoms with Gasteiger partial charge in [-0.15, -0.1) is 0 Å². The number of hydrogen-bond acceptors (Lipinski definition) is 4. The smallest absolute Gasteiger partial charge is 0.264 e. The lowest BCUT2D eigenvalue weighted by Gasteiger charge is -2.12. The molecule has 0 heterocycles. The van der Waals surface area contributed by atoms with Gasteiger partial charge in [-0.25, -0.2) is 17.5 Å². The van der Waals surface area contributed by atoms with Crippen LogP contribution in [0.4, 0.5) is 10.1 Å². The Morgan fingerprint density at radius 1 is 1.12 bits per heavy atom. The van der Waals surface area contributed by atoms with Crippen molar-refractivity contribution in [3.05, 3.63) is 59.9 Å². The Morgan fingerprint density at radius 2 is 1.73 bits per heavy atom. The summed E-state index contributed by atoms with van der Waals surface area (Å²) in [5.74, 6) is -1.49. The Bertz CT molecular complexity index is 917. The third kappa shape index (κ3) is 5.37. The van der Waals surface area contributed by atoms with Crippen LogP contribution in [0.3, 0.4) is 0 Å². The number of halogens is 2. The molecule has 0 aliphatic carbocycles. The highest BCUT2D eigenvalue weighted by atomic mass is 79.9. The van der Waals surface area contributed by atoms with Crippen molar-refractivity contribution < 1.29 is 22.4 Å². The van der Waals surface area contributed by atoms with Gasteiger partial charge in [0, 0.05) is 12.6 Å². The maximum Gasteiger partial charge on any atom is 0.264 e. The Hall–Kier alpha value is -2.26. The van der Waals surface area contributed by atoms with E-state index in [0.717, 1.165) is 6.92 Å². The van der Waals surface area contributed by atoms with E-state index in [-0.39, 0.29) is 11.3 Å².